The molecule has 1 amide bonds. The van der Waals surface area contributed by atoms with Crippen molar-refractivity contribution in [3.8, 4) is 11.3 Å². The molecule has 1 aliphatic heterocycles. The lowest BCUT2D eigenvalue weighted by Crippen LogP contribution is -2.36. The lowest BCUT2D eigenvalue weighted by molar-refractivity contribution is -0.111. The maximum atomic E-state index is 12.4. The van der Waals surface area contributed by atoms with Crippen LogP contribution in [0.2, 0.25) is 10.0 Å². The predicted molar refractivity (Wildman–Crippen MR) is 134 cm³/mol. The highest BCUT2D eigenvalue weighted by Crippen LogP contribution is 2.34. The number of rotatable bonds is 5. The second kappa shape index (κ2) is 9.57. The van der Waals surface area contributed by atoms with Crippen molar-refractivity contribution in [3.63, 3.8) is 0 Å². The van der Waals surface area contributed by atoms with Crippen molar-refractivity contribution >= 4 is 67.6 Å². The fourth-order valence-electron chi connectivity index (χ4n) is 3.57. The highest BCUT2D eigenvalue weighted by atomic mass is 35.5. The van der Waals surface area contributed by atoms with E-state index in [1.54, 1.807) is 30.3 Å². The Morgan fingerprint density at radius 1 is 1.12 bits per heavy atom. The summed E-state index contributed by atoms with van der Waals surface area (Å²) in [4.78, 5) is 19.2. The molecule has 33 heavy (non-hydrogen) atoms. The number of hydrogen-bond donors (Lipinski definition) is 1. The highest BCUT2D eigenvalue weighted by molar-refractivity contribution is 7.22. The summed E-state index contributed by atoms with van der Waals surface area (Å²) in [5.41, 5.74) is 2.69. The maximum Gasteiger partial charge on any atom is 0.250 e. The number of thiazole rings is 1. The van der Waals surface area contributed by atoms with Crippen LogP contribution in [-0.2, 0) is 9.53 Å². The molecule has 1 N–H and O–H groups in total. The van der Waals surface area contributed by atoms with Gasteiger partial charge in [-0.1, -0.05) is 40.6 Å². The first kappa shape index (κ1) is 22.0. The van der Waals surface area contributed by atoms with E-state index >= 15 is 0 Å². The van der Waals surface area contributed by atoms with Crippen LogP contribution in [0.1, 0.15) is 5.76 Å². The quantitative estimate of drug-likeness (QED) is 0.324. The third-order valence-corrected chi connectivity index (χ3v) is 6.97. The van der Waals surface area contributed by atoms with Gasteiger partial charge in [0.15, 0.2) is 5.13 Å². The van der Waals surface area contributed by atoms with E-state index < -0.39 is 0 Å². The molecule has 1 saturated heterocycles. The first-order valence-electron chi connectivity index (χ1n) is 10.3. The van der Waals surface area contributed by atoms with E-state index in [4.69, 9.17) is 32.4 Å². The topological polar surface area (TPSA) is 67.6 Å². The molecule has 0 saturated carbocycles. The van der Waals surface area contributed by atoms with Crippen LogP contribution in [0.15, 0.2) is 59.0 Å². The van der Waals surface area contributed by atoms with Crippen LogP contribution in [-0.4, -0.2) is 37.2 Å². The standard InChI is InChI=1S/C24H19Cl2N3O3S/c25-18-3-1-2-17(23(18)26)20-8-5-16(32-20)6-9-22(30)28-24-27-19-7-4-15(14-21(19)33-24)29-10-12-31-13-11-29/h1-9,14H,10-13H2,(H,27,28,30). The fourth-order valence-corrected chi connectivity index (χ4v) is 4.87. The van der Waals surface area contributed by atoms with Crippen LogP contribution in [0.4, 0.5) is 10.8 Å². The van der Waals surface area contributed by atoms with Gasteiger partial charge in [-0.05, 0) is 48.5 Å². The third-order valence-electron chi connectivity index (χ3n) is 5.22. The van der Waals surface area contributed by atoms with Crippen LogP contribution in [0, 0.1) is 0 Å². The molecule has 4 aromatic rings. The Morgan fingerprint density at radius 3 is 2.82 bits per heavy atom. The zero-order chi connectivity index (χ0) is 22.8. The Balaban J connectivity index is 1.26. The molecule has 9 heteroatoms. The molecule has 1 aliphatic rings. The van der Waals surface area contributed by atoms with E-state index in [1.165, 1.54) is 17.4 Å². The van der Waals surface area contributed by atoms with E-state index in [-0.39, 0.29) is 5.91 Å². The van der Waals surface area contributed by atoms with E-state index in [1.807, 2.05) is 12.1 Å². The molecule has 0 bridgehead atoms. The lowest BCUT2D eigenvalue weighted by Gasteiger charge is -2.28. The number of ether oxygens (including phenoxy) is 1. The molecule has 0 aliphatic carbocycles. The molecule has 0 unspecified atom stereocenters. The predicted octanol–water partition coefficient (Wildman–Crippen LogP) is 6.35. The number of benzene rings is 2. The zero-order valence-corrected chi connectivity index (χ0v) is 19.7. The maximum absolute atomic E-state index is 12.4. The normalized spacial score (nSPS) is 14.3. The first-order valence-corrected chi connectivity index (χ1v) is 11.9. The van der Waals surface area contributed by atoms with Crippen molar-refractivity contribution in [2.24, 2.45) is 0 Å². The van der Waals surface area contributed by atoms with Crippen LogP contribution >= 0.6 is 34.5 Å². The smallest absolute Gasteiger partial charge is 0.250 e. The largest absolute Gasteiger partial charge is 0.457 e. The van der Waals surface area contributed by atoms with E-state index in [0.29, 0.717) is 32.3 Å². The summed E-state index contributed by atoms with van der Waals surface area (Å²) in [5.74, 6) is 0.807. The number of anilines is 2. The van der Waals surface area contributed by atoms with Crippen LogP contribution in [0.3, 0.4) is 0 Å². The number of amides is 1. The van der Waals surface area contributed by atoms with E-state index in [2.05, 4.69) is 27.3 Å². The monoisotopic (exact) mass is 499 g/mol. The number of morpholine rings is 1. The second-order valence-corrected chi connectivity index (χ2v) is 9.21. The number of fused-ring (bicyclic) bond motifs is 1. The van der Waals surface area contributed by atoms with Gasteiger partial charge >= 0.3 is 0 Å². The Labute approximate surface area is 204 Å². The molecule has 0 radical (unpaired) electrons. The Bertz CT molecular complexity index is 1340. The van der Waals surface area contributed by atoms with Crippen LogP contribution in [0.25, 0.3) is 27.6 Å². The van der Waals surface area contributed by atoms with E-state index in [0.717, 1.165) is 42.2 Å². The van der Waals surface area contributed by atoms with Gasteiger partial charge in [0.25, 0.3) is 0 Å². The highest BCUT2D eigenvalue weighted by Gasteiger charge is 2.14. The summed E-state index contributed by atoms with van der Waals surface area (Å²) in [6.45, 7) is 3.21. The van der Waals surface area contributed by atoms with Crippen molar-refractivity contribution in [2.75, 3.05) is 36.5 Å². The Morgan fingerprint density at radius 2 is 1.97 bits per heavy atom. The van der Waals surface area contributed by atoms with Gasteiger partial charge in [-0.3, -0.25) is 10.1 Å². The number of nitrogens with one attached hydrogen (secondary N) is 1. The number of halogens is 2. The van der Waals surface area contributed by atoms with Crippen molar-refractivity contribution in [2.45, 2.75) is 0 Å². The lowest BCUT2D eigenvalue weighted by atomic mass is 10.2. The number of carbonyl (C=O) groups is 1. The van der Waals surface area contributed by atoms with E-state index in [9.17, 15) is 4.79 Å². The number of aromatic nitrogens is 1. The van der Waals surface area contributed by atoms with Gasteiger partial charge in [0.05, 0.1) is 33.5 Å². The molecule has 5 rings (SSSR count). The van der Waals surface area contributed by atoms with Gasteiger partial charge in [0.2, 0.25) is 5.91 Å². The molecule has 2 aromatic heterocycles. The minimum Gasteiger partial charge on any atom is -0.457 e. The minimum absolute atomic E-state index is 0.291. The van der Waals surface area contributed by atoms with Crippen LogP contribution < -0.4 is 10.2 Å². The number of nitrogens with zero attached hydrogens (tertiary/aromatic N) is 2. The van der Waals surface area contributed by atoms with Gasteiger partial charge in [-0.15, -0.1) is 0 Å². The average molecular weight is 500 g/mol. The molecule has 0 atom stereocenters. The molecule has 168 valence electrons. The Hall–Kier alpha value is -2.84. The zero-order valence-electron chi connectivity index (χ0n) is 17.4. The van der Waals surface area contributed by atoms with Gasteiger partial charge in [0, 0.05) is 30.4 Å². The summed E-state index contributed by atoms with van der Waals surface area (Å²) in [6.07, 6.45) is 3.01. The molecule has 0 spiro atoms. The fraction of sp³-hybridized carbons (Fsp3) is 0.167. The summed E-state index contributed by atoms with van der Waals surface area (Å²) in [5, 5.41) is 4.25. The molecular weight excluding hydrogens is 481 g/mol. The minimum atomic E-state index is -0.291. The Kier molecular flexibility index (Phi) is 6.37. The van der Waals surface area contributed by atoms with Gasteiger partial charge in [0.1, 0.15) is 11.5 Å². The molecular formula is C24H19Cl2N3O3S. The average Bonchev–Trinajstić information content (AvgIpc) is 3.46. The van der Waals surface area contributed by atoms with Crippen molar-refractivity contribution in [3.05, 3.63) is 70.4 Å². The number of furan rings is 1. The van der Waals surface area contributed by atoms with Crippen molar-refractivity contribution in [1.82, 2.24) is 4.98 Å². The SMILES string of the molecule is O=C(C=Cc1ccc(-c2cccc(Cl)c2Cl)o1)Nc1nc2ccc(N3CCOCC3)cc2s1. The summed E-state index contributed by atoms with van der Waals surface area (Å²) < 4.78 is 12.2. The molecule has 3 heterocycles. The summed E-state index contributed by atoms with van der Waals surface area (Å²) in [6, 6.07) is 15.0. The third kappa shape index (κ3) is 4.91. The molecule has 2 aromatic carbocycles. The van der Waals surface area contributed by atoms with Crippen molar-refractivity contribution in [1.29, 1.82) is 0 Å². The summed E-state index contributed by atoms with van der Waals surface area (Å²) in [7, 11) is 0. The number of carbonyl (C=O) groups excluding carboxylic acids is 1. The van der Waals surface area contributed by atoms with Gasteiger partial charge in [-0.25, -0.2) is 4.98 Å². The van der Waals surface area contributed by atoms with Gasteiger partial charge in [-0.2, -0.15) is 0 Å². The number of hydrogen-bond acceptors (Lipinski definition) is 6. The second-order valence-electron chi connectivity index (χ2n) is 7.40. The van der Waals surface area contributed by atoms with Crippen molar-refractivity contribution < 1.29 is 13.9 Å². The first-order chi connectivity index (χ1) is 16.1. The molecule has 6 nitrogen and oxygen atoms in total. The van der Waals surface area contributed by atoms with Crippen LogP contribution in [0.5, 0.6) is 0 Å². The van der Waals surface area contributed by atoms with Gasteiger partial charge < -0.3 is 14.1 Å². The summed E-state index contributed by atoms with van der Waals surface area (Å²) >= 11 is 13.8. The molecule has 1 fully saturated rings.